The zero-order valence-corrected chi connectivity index (χ0v) is 16.1. The van der Waals surface area contributed by atoms with E-state index in [0.717, 1.165) is 0 Å². The first kappa shape index (κ1) is 22.3. The van der Waals surface area contributed by atoms with E-state index in [-0.39, 0.29) is 17.9 Å². The van der Waals surface area contributed by atoms with Gasteiger partial charge in [-0.3, -0.25) is 9.69 Å². The van der Waals surface area contributed by atoms with Crippen LogP contribution in [0.15, 0.2) is 24.3 Å². The summed E-state index contributed by atoms with van der Waals surface area (Å²) in [5.74, 6) is 0.314. The third-order valence-corrected chi connectivity index (χ3v) is 3.87. The first-order chi connectivity index (χ1) is 11.9. The molecule has 0 heterocycles. The number of halogens is 3. The Kier molecular flexibility index (Phi) is 7.93. The number of nitrogens with zero attached hydrogens (tertiary/aromatic N) is 1. The van der Waals surface area contributed by atoms with Gasteiger partial charge >= 0.3 is 6.18 Å². The van der Waals surface area contributed by atoms with E-state index in [2.05, 4.69) is 26.1 Å². The van der Waals surface area contributed by atoms with Gasteiger partial charge < -0.3 is 10.1 Å². The van der Waals surface area contributed by atoms with Gasteiger partial charge in [-0.15, -0.1) is 0 Å². The molecule has 0 aliphatic rings. The summed E-state index contributed by atoms with van der Waals surface area (Å²) in [5, 5.41) is 2.68. The van der Waals surface area contributed by atoms with E-state index in [1.807, 2.05) is 24.3 Å². The third kappa shape index (κ3) is 8.56. The molecule has 1 aromatic rings. The summed E-state index contributed by atoms with van der Waals surface area (Å²) in [6.07, 6.45) is -4.45. The van der Waals surface area contributed by atoms with Gasteiger partial charge in [-0.2, -0.15) is 13.2 Å². The molecule has 0 saturated carbocycles. The number of benzene rings is 1. The Morgan fingerprint density at radius 3 is 2.27 bits per heavy atom. The molecule has 148 valence electrons. The monoisotopic (exact) mass is 374 g/mol. The molecule has 0 radical (unpaired) electrons. The molecule has 0 unspecified atom stereocenters. The van der Waals surface area contributed by atoms with Crippen molar-refractivity contribution in [2.24, 2.45) is 0 Å². The smallest absolute Gasteiger partial charge is 0.401 e. The van der Waals surface area contributed by atoms with Gasteiger partial charge in [0.1, 0.15) is 5.75 Å². The molecule has 7 heteroatoms. The molecule has 1 aromatic carbocycles. The Bertz CT molecular complexity index is 566. The lowest BCUT2D eigenvalue weighted by Crippen LogP contribution is -2.38. The van der Waals surface area contributed by atoms with Gasteiger partial charge in [0.05, 0.1) is 6.54 Å². The second-order valence-electron chi connectivity index (χ2n) is 7.53. The first-order valence-electron chi connectivity index (χ1n) is 8.69. The van der Waals surface area contributed by atoms with E-state index in [9.17, 15) is 18.0 Å². The summed E-state index contributed by atoms with van der Waals surface area (Å²) >= 11 is 0. The first-order valence-corrected chi connectivity index (χ1v) is 8.69. The van der Waals surface area contributed by atoms with E-state index >= 15 is 0 Å². The van der Waals surface area contributed by atoms with Crippen LogP contribution in [0.5, 0.6) is 5.75 Å². The summed E-state index contributed by atoms with van der Waals surface area (Å²) < 4.78 is 42.3. The van der Waals surface area contributed by atoms with Crippen LogP contribution in [-0.2, 0) is 10.2 Å². The molecule has 1 N–H and O–H groups in total. The van der Waals surface area contributed by atoms with Crippen molar-refractivity contribution < 1.29 is 22.7 Å². The highest BCUT2D eigenvalue weighted by Crippen LogP contribution is 2.24. The highest BCUT2D eigenvalue weighted by molar-refractivity contribution is 5.80. The van der Waals surface area contributed by atoms with Crippen molar-refractivity contribution in [2.75, 3.05) is 26.7 Å². The Morgan fingerprint density at radius 2 is 1.77 bits per heavy atom. The molecular formula is C19H29F3N2O2. The van der Waals surface area contributed by atoms with Gasteiger partial charge in [0.25, 0.3) is 5.91 Å². The summed E-state index contributed by atoms with van der Waals surface area (Å²) in [6, 6.07) is 7.60. The maximum absolute atomic E-state index is 12.2. The third-order valence-electron chi connectivity index (χ3n) is 3.87. The van der Waals surface area contributed by atoms with E-state index < -0.39 is 18.8 Å². The molecule has 4 nitrogen and oxygen atoms in total. The SMILES string of the molecule is C[C@H](Oc1ccc(C(C)(C)C)cc1)C(=O)NCCCN(C)CC(F)(F)F. The van der Waals surface area contributed by atoms with Crippen LogP contribution in [0.1, 0.15) is 39.7 Å². The minimum atomic E-state index is -4.21. The molecular weight excluding hydrogens is 345 g/mol. The van der Waals surface area contributed by atoms with Gasteiger partial charge in [-0.25, -0.2) is 0 Å². The zero-order chi connectivity index (χ0) is 20.0. The van der Waals surface area contributed by atoms with E-state index in [4.69, 9.17) is 4.74 Å². The Labute approximate surface area is 153 Å². The van der Waals surface area contributed by atoms with E-state index in [0.29, 0.717) is 18.7 Å². The second kappa shape index (κ2) is 9.26. The summed E-state index contributed by atoms with van der Waals surface area (Å²) in [5.41, 5.74) is 1.21. The highest BCUT2D eigenvalue weighted by atomic mass is 19.4. The number of hydrogen-bond acceptors (Lipinski definition) is 3. The molecule has 0 spiro atoms. The minimum Gasteiger partial charge on any atom is -0.481 e. The molecule has 0 bridgehead atoms. The van der Waals surface area contributed by atoms with Crippen LogP contribution in [0, 0.1) is 0 Å². The minimum absolute atomic E-state index is 0.0425. The summed E-state index contributed by atoms with van der Waals surface area (Å²) in [4.78, 5) is 13.2. The van der Waals surface area contributed by atoms with Gasteiger partial charge in [0.15, 0.2) is 6.10 Å². The van der Waals surface area contributed by atoms with Crippen molar-refractivity contribution in [3.63, 3.8) is 0 Å². The number of amides is 1. The fraction of sp³-hybridized carbons (Fsp3) is 0.632. The van der Waals surface area contributed by atoms with Crippen LogP contribution >= 0.6 is 0 Å². The lowest BCUT2D eigenvalue weighted by Gasteiger charge is -2.20. The average Bonchev–Trinajstić information content (AvgIpc) is 2.49. The van der Waals surface area contributed by atoms with Crippen LogP contribution in [0.25, 0.3) is 0 Å². The number of carbonyl (C=O) groups is 1. The van der Waals surface area contributed by atoms with Crippen LogP contribution in [0.2, 0.25) is 0 Å². The predicted octanol–water partition coefficient (Wildman–Crippen LogP) is 3.75. The quantitative estimate of drug-likeness (QED) is 0.705. The van der Waals surface area contributed by atoms with Crippen molar-refractivity contribution in [1.29, 1.82) is 0 Å². The molecule has 1 amide bonds. The van der Waals surface area contributed by atoms with Crippen LogP contribution in [0.3, 0.4) is 0 Å². The van der Waals surface area contributed by atoms with Gasteiger partial charge in [-0.1, -0.05) is 32.9 Å². The number of carbonyl (C=O) groups excluding carboxylic acids is 1. The number of nitrogens with one attached hydrogen (secondary N) is 1. The average molecular weight is 374 g/mol. The molecule has 0 aliphatic carbocycles. The molecule has 0 fully saturated rings. The van der Waals surface area contributed by atoms with Gasteiger partial charge in [0.2, 0.25) is 0 Å². The number of hydrogen-bond donors (Lipinski definition) is 1. The fourth-order valence-electron chi connectivity index (χ4n) is 2.38. The maximum Gasteiger partial charge on any atom is 0.401 e. The standard InChI is InChI=1S/C19H29F3N2O2/c1-14(26-16-9-7-15(8-10-16)18(2,3)4)17(25)23-11-6-12-24(5)13-19(20,21)22/h7-10,14H,6,11-13H2,1-5H3,(H,23,25)/t14-/m0/s1. The van der Waals surface area contributed by atoms with E-state index in [1.54, 1.807) is 6.92 Å². The molecule has 26 heavy (non-hydrogen) atoms. The molecule has 0 aliphatic heterocycles. The van der Waals surface area contributed by atoms with Crippen LogP contribution < -0.4 is 10.1 Å². The lowest BCUT2D eigenvalue weighted by atomic mass is 9.87. The Morgan fingerprint density at radius 1 is 1.19 bits per heavy atom. The van der Waals surface area contributed by atoms with Crippen LogP contribution in [0.4, 0.5) is 13.2 Å². The summed E-state index contributed by atoms with van der Waals surface area (Å²) in [7, 11) is 1.41. The predicted molar refractivity (Wildman–Crippen MR) is 96.4 cm³/mol. The molecule has 0 aromatic heterocycles. The largest absolute Gasteiger partial charge is 0.481 e. The Balaban J connectivity index is 2.35. The van der Waals surface area contributed by atoms with Crippen molar-refractivity contribution in [3.05, 3.63) is 29.8 Å². The van der Waals surface area contributed by atoms with Crippen molar-refractivity contribution in [3.8, 4) is 5.75 Å². The number of ether oxygens (including phenoxy) is 1. The lowest BCUT2D eigenvalue weighted by molar-refractivity contribution is -0.143. The summed E-state index contributed by atoms with van der Waals surface area (Å²) in [6.45, 7) is 7.59. The van der Waals surface area contributed by atoms with E-state index in [1.165, 1.54) is 17.5 Å². The number of alkyl halides is 3. The topological polar surface area (TPSA) is 41.6 Å². The second-order valence-corrected chi connectivity index (χ2v) is 7.53. The number of rotatable bonds is 8. The van der Waals surface area contributed by atoms with Crippen molar-refractivity contribution in [2.45, 2.75) is 51.8 Å². The maximum atomic E-state index is 12.2. The van der Waals surface area contributed by atoms with Crippen LogP contribution in [-0.4, -0.2) is 49.8 Å². The zero-order valence-electron chi connectivity index (χ0n) is 16.1. The van der Waals surface area contributed by atoms with Gasteiger partial charge in [-0.05, 0) is 50.0 Å². The molecule has 1 rings (SSSR count). The van der Waals surface area contributed by atoms with Crippen molar-refractivity contribution >= 4 is 5.91 Å². The molecule has 0 saturated heterocycles. The van der Waals surface area contributed by atoms with Crippen molar-refractivity contribution in [1.82, 2.24) is 10.2 Å². The van der Waals surface area contributed by atoms with Gasteiger partial charge in [0, 0.05) is 6.54 Å². The molecule has 1 atom stereocenters. The normalized spacial score (nSPS) is 13.6. The Hall–Kier alpha value is -1.76. The fourth-order valence-corrected chi connectivity index (χ4v) is 2.38. The highest BCUT2D eigenvalue weighted by Gasteiger charge is 2.28.